The van der Waals surface area contributed by atoms with E-state index in [4.69, 9.17) is 9.47 Å². The van der Waals surface area contributed by atoms with Crippen molar-refractivity contribution in [2.45, 2.75) is 31.5 Å². The number of methoxy groups -OCH3 is 2. The number of hydrogen-bond donors (Lipinski definition) is 2. The third kappa shape index (κ3) is 4.03. The minimum Gasteiger partial charge on any atom is -0.497 e. The van der Waals surface area contributed by atoms with Gasteiger partial charge in [0.1, 0.15) is 11.5 Å². The molecule has 0 fully saturated rings. The van der Waals surface area contributed by atoms with E-state index in [0.717, 1.165) is 0 Å². The highest BCUT2D eigenvalue weighted by atomic mass is 16.5. The summed E-state index contributed by atoms with van der Waals surface area (Å²) in [7, 11) is 3.17. The summed E-state index contributed by atoms with van der Waals surface area (Å²) >= 11 is 0. The maximum absolute atomic E-state index is 10.9. The minimum absolute atomic E-state index is 0.139. The van der Waals surface area contributed by atoms with Crippen molar-refractivity contribution in [1.82, 2.24) is 0 Å². The molecule has 2 N–H and O–H groups in total. The second kappa shape index (κ2) is 6.60. The molecule has 0 saturated heterocycles. The second-order valence-corrected chi connectivity index (χ2v) is 6.19. The maximum Gasteiger partial charge on any atom is 0.119 e. The molecule has 0 heterocycles. The molecule has 23 heavy (non-hydrogen) atoms. The SMILES string of the molecule is COc1cccc([C@@](C)(O)C[C@](C)(O)c2cccc(OC)c2)c1. The van der Waals surface area contributed by atoms with Gasteiger partial charge in [-0.25, -0.2) is 0 Å². The molecule has 2 aromatic rings. The Kier molecular flexibility index (Phi) is 4.97. The van der Waals surface area contributed by atoms with E-state index in [1.54, 1.807) is 40.2 Å². The minimum atomic E-state index is -1.21. The largest absolute Gasteiger partial charge is 0.497 e. The molecule has 2 atom stereocenters. The lowest BCUT2D eigenvalue weighted by Crippen LogP contribution is -2.33. The second-order valence-electron chi connectivity index (χ2n) is 6.19. The Morgan fingerprint density at radius 3 is 1.52 bits per heavy atom. The van der Waals surface area contributed by atoms with E-state index in [9.17, 15) is 10.2 Å². The van der Waals surface area contributed by atoms with Crippen molar-refractivity contribution in [3.8, 4) is 11.5 Å². The van der Waals surface area contributed by atoms with Crippen molar-refractivity contribution in [3.63, 3.8) is 0 Å². The van der Waals surface area contributed by atoms with Crippen LogP contribution in [-0.4, -0.2) is 24.4 Å². The Morgan fingerprint density at radius 2 is 1.17 bits per heavy atom. The predicted molar refractivity (Wildman–Crippen MR) is 89.7 cm³/mol. The molecule has 0 saturated carbocycles. The molecule has 0 radical (unpaired) electrons. The van der Waals surface area contributed by atoms with Crippen LogP contribution in [0.25, 0.3) is 0 Å². The number of ether oxygens (including phenoxy) is 2. The smallest absolute Gasteiger partial charge is 0.119 e. The molecule has 0 aliphatic rings. The van der Waals surface area contributed by atoms with Crippen molar-refractivity contribution in [3.05, 3.63) is 59.7 Å². The van der Waals surface area contributed by atoms with Gasteiger partial charge in [0, 0.05) is 6.42 Å². The van der Waals surface area contributed by atoms with Gasteiger partial charge in [0.15, 0.2) is 0 Å². The maximum atomic E-state index is 10.9. The fraction of sp³-hybridized carbons (Fsp3) is 0.368. The van der Waals surface area contributed by atoms with E-state index in [1.807, 2.05) is 36.4 Å². The van der Waals surface area contributed by atoms with Crippen LogP contribution in [0.3, 0.4) is 0 Å². The summed E-state index contributed by atoms with van der Waals surface area (Å²) < 4.78 is 10.4. The van der Waals surface area contributed by atoms with Gasteiger partial charge in [0.25, 0.3) is 0 Å². The van der Waals surface area contributed by atoms with Gasteiger partial charge >= 0.3 is 0 Å². The number of hydrogen-bond acceptors (Lipinski definition) is 4. The zero-order valence-corrected chi connectivity index (χ0v) is 14.0. The Bertz CT molecular complexity index is 604. The molecule has 0 amide bonds. The summed E-state index contributed by atoms with van der Waals surface area (Å²) in [5.74, 6) is 1.34. The monoisotopic (exact) mass is 316 g/mol. The topological polar surface area (TPSA) is 58.9 Å². The Hall–Kier alpha value is -2.04. The highest BCUT2D eigenvalue weighted by Gasteiger charge is 2.35. The van der Waals surface area contributed by atoms with Crippen molar-refractivity contribution in [2.24, 2.45) is 0 Å². The highest BCUT2D eigenvalue weighted by Crippen LogP contribution is 2.37. The van der Waals surface area contributed by atoms with Gasteiger partial charge in [-0.2, -0.15) is 0 Å². The third-order valence-electron chi connectivity index (χ3n) is 4.07. The van der Waals surface area contributed by atoms with Crippen LogP contribution < -0.4 is 9.47 Å². The van der Waals surface area contributed by atoms with E-state index in [-0.39, 0.29) is 6.42 Å². The van der Waals surface area contributed by atoms with Gasteiger partial charge in [-0.1, -0.05) is 24.3 Å². The molecule has 0 aliphatic carbocycles. The summed E-state index contributed by atoms with van der Waals surface area (Å²) in [6, 6.07) is 14.5. The first-order valence-electron chi connectivity index (χ1n) is 7.52. The zero-order valence-electron chi connectivity index (χ0n) is 14.0. The molecule has 0 aliphatic heterocycles. The van der Waals surface area contributed by atoms with Gasteiger partial charge in [-0.3, -0.25) is 0 Å². The van der Waals surface area contributed by atoms with Crippen molar-refractivity contribution in [2.75, 3.05) is 14.2 Å². The van der Waals surface area contributed by atoms with Crippen LogP contribution >= 0.6 is 0 Å². The van der Waals surface area contributed by atoms with Gasteiger partial charge in [0.2, 0.25) is 0 Å². The normalized spacial score (nSPS) is 16.3. The van der Waals surface area contributed by atoms with Crippen molar-refractivity contribution < 1.29 is 19.7 Å². The molecule has 0 aromatic heterocycles. The van der Waals surface area contributed by atoms with Crippen molar-refractivity contribution >= 4 is 0 Å². The molecule has 0 bridgehead atoms. The lowest BCUT2D eigenvalue weighted by Gasteiger charge is -2.33. The number of aliphatic hydroxyl groups is 2. The average Bonchev–Trinajstić information content (AvgIpc) is 2.54. The summed E-state index contributed by atoms with van der Waals surface area (Å²) in [6.45, 7) is 3.38. The zero-order chi connectivity index (χ0) is 17.1. The Morgan fingerprint density at radius 1 is 0.783 bits per heavy atom. The average molecular weight is 316 g/mol. The lowest BCUT2D eigenvalue weighted by molar-refractivity contribution is -0.0526. The molecule has 2 rings (SSSR count). The summed E-state index contributed by atoms with van der Waals surface area (Å²) in [6.07, 6.45) is 0.139. The van der Waals surface area contributed by atoms with Gasteiger partial charge in [-0.15, -0.1) is 0 Å². The standard InChI is InChI=1S/C19H24O4/c1-18(20,14-7-5-9-16(11-14)22-3)13-19(2,21)15-8-6-10-17(12-15)23-4/h5-12,20-21H,13H2,1-4H3/t18-,19-/m0/s1. The van der Waals surface area contributed by atoms with Crippen LogP contribution in [0.15, 0.2) is 48.5 Å². The molecule has 0 spiro atoms. The number of rotatable bonds is 6. The molecule has 124 valence electrons. The van der Waals surface area contributed by atoms with Crippen LogP contribution in [0.5, 0.6) is 11.5 Å². The lowest BCUT2D eigenvalue weighted by atomic mass is 9.80. The van der Waals surface area contributed by atoms with E-state index in [2.05, 4.69) is 0 Å². The Balaban J connectivity index is 2.29. The predicted octanol–water partition coefficient (Wildman–Crippen LogP) is 3.21. The first kappa shape index (κ1) is 17.3. The summed E-state index contributed by atoms with van der Waals surface area (Å²) in [5.41, 5.74) is -1.03. The van der Waals surface area contributed by atoms with Crippen molar-refractivity contribution in [1.29, 1.82) is 0 Å². The molecule has 4 heteroatoms. The van der Waals surface area contributed by atoms with E-state index in [1.165, 1.54) is 0 Å². The third-order valence-corrected chi connectivity index (χ3v) is 4.07. The van der Waals surface area contributed by atoms with Crippen LogP contribution in [0.2, 0.25) is 0 Å². The van der Waals surface area contributed by atoms with Crippen LogP contribution in [-0.2, 0) is 11.2 Å². The molecule has 4 nitrogen and oxygen atoms in total. The summed E-state index contributed by atoms with van der Waals surface area (Å²) in [4.78, 5) is 0. The van der Waals surface area contributed by atoms with E-state index < -0.39 is 11.2 Å². The molecule has 2 aromatic carbocycles. The van der Waals surface area contributed by atoms with Crippen LogP contribution in [0.4, 0.5) is 0 Å². The fourth-order valence-electron chi connectivity index (χ4n) is 2.79. The van der Waals surface area contributed by atoms with Gasteiger partial charge in [-0.05, 0) is 49.2 Å². The van der Waals surface area contributed by atoms with E-state index >= 15 is 0 Å². The van der Waals surface area contributed by atoms with Gasteiger partial charge < -0.3 is 19.7 Å². The van der Waals surface area contributed by atoms with Crippen LogP contribution in [0.1, 0.15) is 31.4 Å². The highest BCUT2D eigenvalue weighted by molar-refractivity contribution is 5.35. The number of benzene rings is 2. The molecular formula is C19H24O4. The summed E-state index contributed by atoms with van der Waals surface area (Å²) in [5, 5.41) is 21.8. The molecular weight excluding hydrogens is 292 g/mol. The fourth-order valence-corrected chi connectivity index (χ4v) is 2.79. The molecule has 0 unspecified atom stereocenters. The quantitative estimate of drug-likeness (QED) is 0.859. The van der Waals surface area contributed by atoms with Crippen LogP contribution in [0, 0.1) is 0 Å². The first-order chi connectivity index (χ1) is 10.8. The van der Waals surface area contributed by atoms with Gasteiger partial charge in [0.05, 0.1) is 25.4 Å². The Labute approximate surface area is 137 Å². The van der Waals surface area contributed by atoms with E-state index in [0.29, 0.717) is 22.6 Å². The first-order valence-corrected chi connectivity index (χ1v) is 7.52.